The van der Waals surface area contributed by atoms with Gasteiger partial charge in [-0.2, -0.15) is 15.0 Å². The van der Waals surface area contributed by atoms with Crippen LogP contribution in [0.25, 0.3) is 0 Å². The third-order valence-electron chi connectivity index (χ3n) is 2.54. The van der Waals surface area contributed by atoms with Crippen LogP contribution in [-0.2, 0) is 6.54 Å². The normalized spacial score (nSPS) is 13.9. The summed E-state index contributed by atoms with van der Waals surface area (Å²) in [6.45, 7) is 2.75. The first kappa shape index (κ1) is 9.08. The number of hydrogen-bond acceptors (Lipinski definition) is 4. The number of benzene rings is 1. The van der Waals surface area contributed by atoms with Gasteiger partial charge in [0, 0.05) is 5.56 Å². The third-order valence-corrected chi connectivity index (χ3v) is 2.54. The molecule has 0 N–H and O–H groups in total. The Morgan fingerprint density at radius 1 is 1.31 bits per heavy atom. The summed E-state index contributed by atoms with van der Waals surface area (Å²) in [4.78, 5) is 1.67. The van der Waals surface area contributed by atoms with Crippen molar-refractivity contribution in [1.29, 1.82) is 0 Å². The highest BCUT2D eigenvalue weighted by Crippen LogP contribution is 2.26. The van der Waals surface area contributed by atoms with Gasteiger partial charge in [-0.25, -0.2) is 0 Å². The van der Waals surface area contributed by atoms with E-state index in [1.54, 1.807) is 16.1 Å². The van der Waals surface area contributed by atoms with Crippen LogP contribution in [-0.4, -0.2) is 9.89 Å². The fourth-order valence-corrected chi connectivity index (χ4v) is 1.70. The molecule has 0 saturated heterocycles. The second-order valence-corrected chi connectivity index (χ2v) is 3.78. The van der Waals surface area contributed by atoms with Crippen molar-refractivity contribution >= 4 is 5.69 Å². The quantitative estimate of drug-likeness (QED) is 0.729. The Morgan fingerprint density at radius 3 is 3.06 bits per heavy atom. The second kappa shape index (κ2) is 3.44. The zero-order valence-corrected chi connectivity index (χ0v) is 8.91. The summed E-state index contributed by atoms with van der Waals surface area (Å²) in [5.41, 5.74) is 3.31. The van der Waals surface area contributed by atoms with E-state index in [-0.39, 0.29) is 0 Å². The number of aromatic nitrogens is 2. The minimum atomic E-state index is 0.695. The van der Waals surface area contributed by atoms with Crippen molar-refractivity contribution in [2.45, 2.75) is 13.5 Å². The topological polar surface area (TPSA) is 45.8 Å². The number of hydrogen-bond donors (Lipinski definition) is 0. The van der Waals surface area contributed by atoms with E-state index in [4.69, 9.17) is 0 Å². The minimum Gasteiger partial charge on any atom is -0.162 e. The standard InChI is InChI=1S/C11H11N5/c1-9-3-4-10-8-16(14-13-11(10)7-9)15-6-2-5-12-15/h2-7H,8H2,1H3. The molecule has 1 aromatic carbocycles. The van der Waals surface area contributed by atoms with E-state index in [0.717, 1.165) is 11.3 Å². The molecule has 0 fully saturated rings. The average molecular weight is 213 g/mol. The fourth-order valence-electron chi connectivity index (χ4n) is 1.70. The molecule has 2 heterocycles. The molecule has 0 radical (unpaired) electrons. The summed E-state index contributed by atoms with van der Waals surface area (Å²) < 4.78 is 0. The summed E-state index contributed by atoms with van der Waals surface area (Å²) in [5.74, 6) is 0. The lowest BCUT2D eigenvalue weighted by atomic mass is 10.1. The Balaban J connectivity index is 1.96. The zero-order chi connectivity index (χ0) is 11.0. The van der Waals surface area contributed by atoms with E-state index in [9.17, 15) is 0 Å². The molecule has 0 saturated carbocycles. The van der Waals surface area contributed by atoms with E-state index in [2.05, 4.69) is 34.5 Å². The predicted molar refractivity (Wildman–Crippen MR) is 59.8 cm³/mol. The van der Waals surface area contributed by atoms with Gasteiger partial charge in [-0.15, -0.1) is 5.11 Å². The maximum atomic E-state index is 4.18. The Bertz CT molecular complexity index is 529. The first-order valence-corrected chi connectivity index (χ1v) is 5.11. The molecule has 3 rings (SSSR count). The highest BCUT2D eigenvalue weighted by atomic mass is 15.8. The molecule has 80 valence electrons. The van der Waals surface area contributed by atoms with Gasteiger partial charge in [0.25, 0.3) is 0 Å². The van der Waals surface area contributed by atoms with Gasteiger partial charge in [-0.3, -0.25) is 0 Å². The molecule has 0 amide bonds. The van der Waals surface area contributed by atoms with Gasteiger partial charge in [0.1, 0.15) is 0 Å². The molecule has 0 bridgehead atoms. The summed E-state index contributed by atoms with van der Waals surface area (Å²) in [7, 11) is 0. The van der Waals surface area contributed by atoms with Crippen LogP contribution in [0.4, 0.5) is 5.69 Å². The van der Waals surface area contributed by atoms with Gasteiger partial charge in [-0.05, 0) is 29.8 Å². The van der Waals surface area contributed by atoms with Crippen LogP contribution in [0.1, 0.15) is 11.1 Å². The van der Waals surface area contributed by atoms with Crippen molar-refractivity contribution in [3.63, 3.8) is 0 Å². The summed E-state index contributed by atoms with van der Waals surface area (Å²) in [6.07, 6.45) is 3.57. The van der Waals surface area contributed by atoms with Gasteiger partial charge in [0.15, 0.2) is 0 Å². The molecule has 1 aliphatic heterocycles. The molecule has 1 aliphatic rings. The smallest absolute Gasteiger partial charge is 0.0928 e. The van der Waals surface area contributed by atoms with Crippen LogP contribution in [0.5, 0.6) is 0 Å². The molecule has 1 aromatic heterocycles. The van der Waals surface area contributed by atoms with Crippen LogP contribution in [0.15, 0.2) is 47.0 Å². The van der Waals surface area contributed by atoms with E-state index in [1.807, 2.05) is 18.3 Å². The molecule has 2 aromatic rings. The molecular weight excluding hydrogens is 202 g/mol. The number of nitrogens with zero attached hydrogens (tertiary/aromatic N) is 5. The number of fused-ring (bicyclic) bond motifs is 1. The van der Waals surface area contributed by atoms with Gasteiger partial charge in [0.2, 0.25) is 0 Å². The number of rotatable bonds is 1. The van der Waals surface area contributed by atoms with Gasteiger partial charge >= 0.3 is 0 Å². The monoisotopic (exact) mass is 213 g/mol. The lowest BCUT2D eigenvalue weighted by Gasteiger charge is -2.21. The summed E-state index contributed by atoms with van der Waals surface area (Å²) in [6, 6.07) is 8.07. The van der Waals surface area contributed by atoms with E-state index < -0.39 is 0 Å². The van der Waals surface area contributed by atoms with Crippen molar-refractivity contribution in [1.82, 2.24) is 9.89 Å². The van der Waals surface area contributed by atoms with E-state index in [0.29, 0.717) is 6.54 Å². The van der Waals surface area contributed by atoms with Crippen molar-refractivity contribution in [3.8, 4) is 0 Å². The SMILES string of the molecule is Cc1ccc2c(c1)N=NN(n1cccn1)C2. The molecule has 0 spiro atoms. The largest absolute Gasteiger partial charge is 0.162 e. The predicted octanol–water partition coefficient (Wildman–Crippen LogP) is 2.34. The molecular formula is C11H11N5. The lowest BCUT2D eigenvalue weighted by molar-refractivity contribution is 0.514. The summed E-state index contributed by atoms with van der Waals surface area (Å²) >= 11 is 0. The Morgan fingerprint density at radius 2 is 2.25 bits per heavy atom. The van der Waals surface area contributed by atoms with Crippen molar-refractivity contribution in [2.75, 3.05) is 5.12 Å². The molecule has 0 aliphatic carbocycles. The van der Waals surface area contributed by atoms with Crippen LogP contribution in [0, 0.1) is 6.92 Å². The van der Waals surface area contributed by atoms with Gasteiger partial charge in [0.05, 0.1) is 24.6 Å². The highest BCUT2D eigenvalue weighted by molar-refractivity contribution is 5.49. The average Bonchev–Trinajstić information content (AvgIpc) is 2.82. The Kier molecular flexibility index (Phi) is 1.96. The molecule has 0 unspecified atom stereocenters. The fraction of sp³-hybridized carbons (Fsp3) is 0.182. The van der Waals surface area contributed by atoms with Gasteiger partial charge < -0.3 is 0 Å². The minimum absolute atomic E-state index is 0.695. The van der Waals surface area contributed by atoms with Crippen LogP contribution >= 0.6 is 0 Å². The maximum Gasteiger partial charge on any atom is 0.0928 e. The second-order valence-electron chi connectivity index (χ2n) is 3.78. The third kappa shape index (κ3) is 1.46. The first-order valence-electron chi connectivity index (χ1n) is 5.11. The van der Waals surface area contributed by atoms with E-state index in [1.165, 1.54) is 5.56 Å². The van der Waals surface area contributed by atoms with Crippen molar-refractivity contribution < 1.29 is 0 Å². The first-order chi connectivity index (χ1) is 7.83. The van der Waals surface area contributed by atoms with E-state index >= 15 is 0 Å². The lowest BCUT2D eigenvalue weighted by Crippen LogP contribution is -2.29. The Labute approximate surface area is 93.0 Å². The molecule has 5 nitrogen and oxygen atoms in total. The van der Waals surface area contributed by atoms with Crippen molar-refractivity contribution in [3.05, 3.63) is 47.8 Å². The molecule has 0 atom stereocenters. The zero-order valence-electron chi connectivity index (χ0n) is 8.91. The van der Waals surface area contributed by atoms with Crippen LogP contribution in [0.2, 0.25) is 0 Å². The van der Waals surface area contributed by atoms with Crippen molar-refractivity contribution in [2.24, 2.45) is 10.3 Å². The van der Waals surface area contributed by atoms with Gasteiger partial charge in [-0.1, -0.05) is 12.1 Å². The molecule has 16 heavy (non-hydrogen) atoms. The Hall–Kier alpha value is -2.17. The molecule has 5 heteroatoms. The highest BCUT2D eigenvalue weighted by Gasteiger charge is 2.14. The summed E-state index contributed by atoms with van der Waals surface area (Å²) in [5, 5.41) is 14.1. The van der Waals surface area contributed by atoms with Crippen LogP contribution in [0.3, 0.4) is 0 Å². The number of aryl methyl sites for hydroxylation is 1. The van der Waals surface area contributed by atoms with Crippen LogP contribution < -0.4 is 5.12 Å². The maximum absolute atomic E-state index is 4.18.